The summed E-state index contributed by atoms with van der Waals surface area (Å²) < 4.78 is 0. The van der Waals surface area contributed by atoms with Gasteiger partial charge in [0.15, 0.2) is 0 Å². The first-order chi connectivity index (χ1) is 10.1. The highest BCUT2D eigenvalue weighted by molar-refractivity contribution is 6.09. The van der Waals surface area contributed by atoms with Crippen LogP contribution in [-0.4, -0.2) is 30.0 Å². The summed E-state index contributed by atoms with van der Waals surface area (Å²) in [6, 6.07) is 0. The summed E-state index contributed by atoms with van der Waals surface area (Å²) in [5.74, 6) is 7.22. The zero-order valence-corrected chi connectivity index (χ0v) is 13.1. The summed E-state index contributed by atoms with van der Waals surface area (Å²) in [6.07, 6.45) is 11.1. The third kappa shape index (κ3) is 3.82. The predicted octanol–water partition coefficient (Wildman–Crippen LogP) is 3.49. The van der Waals surface area contributed by atoms with Crippen molar-refractivity contribution in [2.45, 2.75) is 27.2 Å². The van der Waals surface area contributed by atoms with E-state index in [1.807, 2.05) is 24.4 Å². The quantitative estimate of drug-likeness (QED) is 0.562. The largest absolute Gasteiger partial charge is 0.329 e. The Morgan fingerprint density at radius 2 is 2.29 bits per heavy atom. The number of allylic oxidation sites excluding steroid dienone is 5. The summed E-state index contributed by atoms with van der Waals surface area (Å²) in [5.41, 5.74) is 4.16. The number of hydrogen-bond acceptors (Lipinski definition) is 3. The van der Waals surface area contributed by atoms with Gasteiger partial charge in [0.05, 0.1) is 0 Å². The van der Waals surface area contributed by atoms with Crippen LogP contribution in [0.4, 0.5) is 0 Å². The minimum atomic E-state index is 0.797. The van der Waals surface area contributed by atoms with Crippen molar-refractivity contribution in [1.29, 1.82) is 0 Å². The van der Waals surface area contributed by atoms with Crippen LogP contribution >= 0.6 is 0 Å². The van der Waals surface area contributed by atoms with Crippen molar-refractivity contribution in [3.63, 3.8) is 0 Å². The van der Waals surface area contributed by atoms with Gasteiger partial charge < -0.3 is 4.90 Å². The highest BCUT2D eigenvalue weighted by atomic mass is 15.2. The fourth-order valence-electron chi connectivity index (χ4n) is 2.00. The molecule has 0 aromatic carbocycles. The van der Waals surface area contributed by atoms with Gasteiger partial charge in [0.1, 0.15) is 11.5 Å². The van der Waals surface area contributed by atoms with Crippen molar-refractivity contribution in [3.05, 3.63) is 47.3 Å². The SMILES string of the molecule is CC/C=C\C(C#CC1=CC2=NC(C)=C(C)CN2C=C1)=NC. The maximum absolute atomic E-state index is 4.61. The van der Waals surface area contributed by atoms with Crippen LogP contribution in [0.3, 0.4) is 0 Å². The Morgan fingerprint density at radius 1 is 1.48 bits per heavy atom. The van der Waals surface area contributed by atoms with Gasteiger partial charge >= 0.3 is 0 Å². The zero-order chi connectivity index (χ0) is 15.2. The minimum Gasteiger partial charge on any atom is -0.329 e. The molecule has 108 valence electrons. The molecule has 2 heterocycles. The Bertz CT molecular complexity index is 658. The molecule has 3 heteroatoms. The van der Waals surface area contributed by atoms with Gasteiger partial charge in [-0.3, -0.25) is 4.99 Å². The summed E-state index contributed by atoms with van der Waals surface area (Å²) in [6.45, 7) is 7.16. The monoisotopic (exact) mass is 279 g/mol. The van der Waals surface area contributed by atoms with Gasteiger partial charge in [0, 0.05) is 31.1 Å². The lowest BCUT2D eigenvalue weighted by molar-refractivity contribution is 0.586. The van der Waals surface area contributed by atoms with E-state index in [2.05, 4.69) is 53.6 Å². The van der Waals surface area contributed by atoms with Crippen molar-refractivity contribution in [2.75, 3.05) is 13.6 Å². The van der Waals surface area contributed by atoms with Crippen LogP contribution in [0.15, 0.2) is 57.3 Å². The summed E-state index contributed by atoms with van der Waals surface area (Å²) in [5, 5.41) is 0. The van der Waals surface area contributed by atoms with E-state index in [1.54, 1.807) is 7.05 Å². The lowest BCUT2D eigenvalue weighted by Gasteiger charge is -2.27. The molecule has 0 aliphatic carbocycles. The average Bonchev–Trinajstić information content (AvgIpc) is 2.49. The highest BCUT2D eigenvalue weighted by Crippen LogP contribution is 2.19. The van der Waals surface area contributed by atoms with Gasteiger partial charge in [-0.2, -0.15) is 0 Å². The molecule has 0 N–H and O–H groups in total. The molecule has 0 saturated heterocycles. The topological polar surface area (TPSA) is 28.0 Å². The van der Waals surface area contributed by atoms with Gasteiger partial charge in [-0.25, -0.2) is 4.99 Å². The van der Waals surface area contributed by atoms with Crippen LogP contribution < -0.4 is 0 Å². The number of fused-ring (bicyclic) bond motifs is 1. The first-order valence-corrected chi connectivity index (χ1v) is 7.21. The molecule has 0 amide bonds. The molecule has 0 atom stereocenters. The number of nitrogens with zero attached hydrogens (tertiary/aromatic N) is 3. The molecule has 0 unspecified atom stereocenters. The average molecular weight is 279 g/mol. The van der Waals surface area contributed by atoms with Gasteiger partial charge in [0.2, 0.25) is 0 Å². The Labute approximate surface area is 127 Å². The standard InChI is InChI=1S/C18H21N3/c1-5-6-7-17(19-4)9-8-16-10-11-21-13-14(2)15(3)20-18(21)12-16/h6-7,10-12H,5,13H2,1-4H3/b7-6-,19-17?. The van der Waals surface area contributed by atoms with E-state index in [9.17, 15) is 0 Å². The molecule has 0 bridgehead atoms. The second-order valence-electron chi connectivity index (χ2n) is 5.05. The van der Waals surface area contributed by atoms with Crippen molar-refractivity contribution in [3.8, 4) is 11.8 Å². The number of hydrogen-bond donors (Lipinski definition) is 0. The van der Waals surface area contributed by atoms with Crippen LogP contribution in [0.2, 0.25) is 0 Å². The second-order valence-corrected chi connectivity index (χ2v) is 5.05. The van der Waals surface area contributed by atoms with Crippen molar-refractivity contribution in [1.82, 2.24) is 4.90 Å². The minimum absolute atomic E-state index is 0.797. The molecule has 2 aliphatic rings. The zero-order valence-electron chi connectivity index (χ0n) is 13.1. The van der Waals surface area contributed by atoms with E-state index in [-0.39, 0.29) is 0 Å². The molecule has 0 spiro atoms. The predicted molar refractivity (Wildman–Crippen MR) is 90.3 cm³/mol. The molecule has 0 fully saturated rings. The first kappa shape index (κ1) is 15.1. The Morgan fingerprint density at radius 3 is 3.00 bits per heavy atom. The van der Waals surface area contributed by atoms with E-state index in [0.29, 0.717) is 0 Å². The van der Waals surface area contributed by atoms with Gasteiger partial charge in [-0.15, -0.1) is 0 Å². The molecule has 0 radical (unpaired) electrons. The Balaban J connectivity index is 2.21. The Kier molecular flexibility index (Phi) is 4.94. The summed E-state index contributed by atoms with van der Waals surface area (Å²) in [7, 11) is 1.76. The maximum Gasteiger partial charge on any atom is 0.134 e. The Hall–Kier alpha value is -2.34. The third-order valence-corrected chi connectivity index (χ3v) is 3.41. The lowest BCUT2D eigenvalue weighted by Crippen LogP contribution is -2.31. The number of amidine groups is 1. The van der Waals surface area contributed by atoms with E-state index >= 15 is 0 Å². The molecule has 2 aliphatic heterocycles. The van der Waals surface area contributed by atoms with E-state index in [1.165, 1.54) is 5.57 Å². The van der Waals surface area contributed by atoms with Crippen LogP contribution in [-0.2, 0) is 0 Å². The maximum atomic E-state index is 4.61. The molecule has 0 saturated carbocycles. The van der Waals surface area contributed by atoms with Crippen molar-refractivity contribution >= 4 is 11.5 Å². The highest BCUT2D eigenvalue weighted by Gasteiger charge is 2.16. The molecular formula is C18H21N3. The molecule has 2 rings (SSSR count). The molecule has 21 heavy (non-hydrogen) atoms. The molecule has 0 aromatic heterocycles. The van der Waals surface area contributed by atoms with Gasteiger partial charge in [-0.05, 0) is 50.0 Å². The smallest absolute Gasteiger partial charge is 0.134 e. The third-order valence-electron chi connectivity index (χ3n) is 3.41. The fourth-order valence-corrected chi connectivity index (χ4v) is 2.00. The van der Waals surface area contributed by atoms with Gasteiger partial charge in [0.25, 0.3) is 0 Å². The van der Waals surface area contributed by atoms with E-state index in [4.69, 9.17) is 0 Å². The summed E-state index contributed by atoms with van der Waals surface area (Å²) >= 11 is 0. The normalized spacial score (nSPS) is 18.3. The number of aliphatic imine (C=N–C) groups is 2. The van der Waals surface area contributed by atoms with Crippen LogP contribution in [0.25, 0.3) is 0 Å². The van der Waals surface area contributed by atoms with Crippen molar-refractivity contribution in [2.24, 2.45) is 9.98 Å². The second kappa shape index (κ2) is 6.90. The van der Waals surface area contributed by atoms with Crippen molar-refractivity contribution < 1.29 is 0 Å². The lowest BCUT2D eigenvalue weighted by atomic mass is 10.1. The molecule has 3 nitrogen and oxygen atoms in total. The molecular weight excluding hydrogens is 258 g/mol. The van der Waals surface area contributed by atoms with Crippen LogP contribution in [0.5, 0.6) is 0 Å². The van der Waals surface area contributed by atoms with Gasteiger partial charge in [-0.1, -0.05) is 18.9 Å². The first-order valence-electron chi connectivity index (χ1n) is 7.21. The fraction of sp³-hybridized carbons (Fsp3) is 0.333. The number of rotatable bonds is 2. The van der Waals surface area contributed by atoms with E-state index < -0.39 is 0 Å². The summed E-state index contributed by atoms with van der Waals surface area (Å²) in [4.78, 5) is 10.9. The van der Waals surface area contributed by atoms with E-state index in [0.717, 1.165) is 35.8 Å². The van der Waals surface area contributed by atoms with Crippen LogP contribution in [0, 0.1) is 11.8 Å². The van der Waals surface area contributed by atoms with Crippen LogP contribution in [0.1, 0.15) is 27.2 Å². The molecule has 0 aromatic rings.